The third-order valence-corrected chi connectivity index (χ3v) is 3.75. The molecule has 1 aromatic rings. The lowest BCUT2D eigenvalue weighted by Crippen LogP contribution is -2.31. The number of anilines is 1. The van der Waals surface area contributed by atoms with Gasteiger partial charge in [0.15, 0.2) is 5.37 Å². The minimum absolute atomic E-state index is 0.194. The van der Waals surface area contributed by atoms with Crippen LogP contribution in [0.5, 0.6) is 0 Å². The van der Waals surface area contributed by atoms with Gasteiger partial charge in [0.2, 0.25) is 0 Å². The molecule has 2 rings (SSSR count). The summed E-state index contributed by atoms with van der Waals surface area (Å²) in [6.45, 7) is 3.99. The van der Waals surface area contributed by atoms with Crippen LogP contribution < -0.4 is 5.32 Å². The number of thioether (sulfide) groups is 1. The second-order valence-electron chi connectivity index (χ2n) is 4.12. The first-order chi connectivity index (χ1) is 7.99. The van der Waals surface area contributed by atoms with Crippen LogP contribution in [0.3, 0.4) is 0 Å². The molecule has 1 aliphatic rings. The van der Waals surface area contributed by atoms with Crippen LogP contribution in [0, 0.1) is 13.8 Å². The first kappa shape index (κ1) is 12.0. The van der Waals surface area contributed by atoms with Gasteiger partial charge in [-0.3, -0.25) is 14.5 Å². The Morgan fingerprint density at radius 1 is 1.29 bits per heavy atom. The van der Waals surface area contributed by atoms with Crippen molar-refractivity contribution < 1.29 is 9.59 Å². The van der Waals surface area contributed by atoms with E-state index in [0.717, 1.165) is 27.9 Å². The van der Waals surface area contributed by atoms with Crippen molar-refractivity contribution in [3.05, 3.63) is 29.3 Å². The van der Waals surface area contributed by atoms with Gasteiger partial charge in [-0.1, -0.05) is 17.7 Å². The Bertz CT molecular complexity index is 487. The molecule has 0 saturated carbocycles. The molecule has 0 bridgehead atoms. The van der Waals surface area contributed by atoms with Crippen molar-refractivity contribution in [1.29, 1.82) is 0 Å². The minimum atomic E-state index is -0.506. The number of carbonyl (C=O) groups is 2. The lowest BCUT2D eigenvalue weighted by atomic mass is 10.1. The molecule has 1 fully saturated rings. The maximum absolute atomic E-state index is 11.7. The average molecular weight is 250 g/mol. The monoisotopic (exact) mass is 250 g/mol. The highest BCUT2D eigenvalue weighted by molar-refractivity contribution is 8.15. The zero-order valence-electron chi connectivity index (χ0n) is 9.98. The summed E-state index contributed by atoms with van der Waals surface area (Å²) in [6, 6.07) is 5.95. The van der Waals surface area contributed by atoms with Crippen LogP contribution >= 0.6 is 11.8 Å². The van der Waals surface area contributed by atoms with Crippen LogP contribution in [0.1, 0.15) is 11.1 Å². The summed E-state index contributed by atoms with van der Waals surface area (Å²) in [5.41, 5.74) is 3.14. The summed E-state index contributed by atoms with van der Waals surface area (Å²) in [6.07, 6.45) is 0. The standard InChI is InChI=1S/C12H14N2O2S/c1-7-4-5-9(8(2)6-7)13-10-11(15)14(3)12(16)17-10/h4-6,10,13H,1-3H3/t10-/m0/s1. The highest BCUT2D eigenvalue weighted by Gasteiger charge is 2.37. The fourth-order valence-corrected chi connectivity index (χ4v) is 2.60. The highest BCUT2D eigenvalue weighted by atomic mass is 32.2. The van der Waals surface area contributed by atoms with Gasteiger partial charge in [0.1, 0.15) is 0 Å². The summed E-state index contributed by atoms with van der Waals surface area (Å²) in [5, 5.41) is 2.38. The molecular formula is C12H14N2O2S. The van der Waals surface area contributed by atoms with Crippen LogP contribution in [0.2, 0.25) is 0 Å². The predicted octanol–water partition coefficient (Wildman–Crippen LogP) is 2.37. The number of carbonyl (C=O) groups excluding carboxylic acids is 2. The van der Waals surface area contributed by atoms with E-state index in [-0.39, 0.29) is 11.1 Å². The molecule has 1 heterocycles. The molecule has 90 valence electrons. The van der Waals surface area contributed by atoms with Gasteiger partial charge in [0.05, 0.1) is 0 Å². The third kappa shape index (κ3) is 2.29. The van der Waals surface area contributed by atoms with E-state index in [1.807, 2.05) is 32.0 Å². The Kier molecular flexibility index (Phi) is 3.11. The van der Waals surface area contributed by atoms with E-state index in [0.29, 0.717) is 0 Å². The van der Waals surface area contributed by atoms with E-state index >= 15 is 0 Å². The third-order valence-electron chi connectivity index (χ3n) is 2.72. The Labute approximate surface area is 104 Å². The van der Waals surface area contributed by atoms with E-state index in [9.17, 15) is 9.59 Å². The van der Waals surface area contributed by atoms with Gasteiger partial charge in [-0.25, -0.2) is 0 Å². The number of amides is 2. The van der Waals surface area contributed by atoms with Crippen LogP contribution in [-0.4, -0.2) is 28.5 Å². The first-order valence-electron chi connectivity index (χ1n) is 5.31. The summed E-state index contributed by atoms with van der Waals surface area (Å²) in [7, 11) is 1.50. The van der Waals surface area contributed by atoms with Crippen LogP contribution in [0.15, 0.2) is 18.2 Å². The number of nitrogens with zero attached hydrogens (tertiary/aromatic N) is 1. The van der Waals surface area contributed by atoms with E-state index in [4.69, 9.17) is 0 Å². The van der Waals surface area contributed by atoms with Gasteiger partial charge in [-0.15, -0.1) is 0 Å². The van der Waals surface area contributed by atoms with Gasteiger partial charge in [0, 0.05) is 12.7 Å². The van der Waals surface area contributed by atoms with Crippen LogP contribution in [-0.2, 0) is 4.79 Å². The zero-order chi connectivity index (χ0) is 12.6. The zero-order valence-corrected chi connectivity index (χ0v) is 10.8. The second-order valence-corrected chi connectivity index (χ2v) is 5.18. The quantitative estimate of drug-likeness (QED) is 0.875. The summed E-state index contributed by atoms with van der Waals surface area (Å²) in [4.78, 5) is 24.2. The molecule has 1 saturated heterocycles. The number of hydrogen-bond donors (Lipinski definition) is 1. The molecule has 1 N–H and O–H groups in total. The number of hydrogen-bond acceptors (Lipinski definition) is 4. The van der Waals surface area contributed by atoms with Crippen molar-refractivity contribution in [2.45, 2.75) is 19.2 Å². The molecule has 1 atom stereocenters. The highest BCUT2D eigenvalue weighted by Crippen LogP contribution is 2.28. The first-order valence-corrected chi connectivity index (χ1v) is 6.19. The minimum Gasteiger partial charge on any atom is -0.365 e. The lowest BCUT2D eigenvalue weighted by Gasteiger charge is -2.13. The smallest absolute Gasteiger partial charge is 0.290 e. The maximum atomic E-state index is 11.7. The molecular weight excluding hydrogens is 236 g/mol. The molecule has 1 aliphatic heterocycles. The summed E-state index contributed by atoms with van der Waals surface area (Å²) < 4.78 is 0. The Balaban J connectivity index is 2.17. The summed E-state index contributed by atoms with van der Waals surface area (Å²) in [5.74, 6) is -0.194. The lowest BCUT2D eigenvalue weighted by molar-refractivity contribution is -0.125. The molecule has 0 aromatic heterocycles. The molecule has 0 aliphatic carbocycles. The van der Waals surface area contributed by atoms with Crippen LogP contribution in [0.25, 0.3) is 0 Å². The number of likely N-dealkylation sites (N-methyl/N-ethyl adjacent to an activating group) is 1. The molecule has 2 amide bonds. The van der Waals surface area contributed by atoms with E-state index < -0.39 is 5.37 Å². The van der Waals surface area contributed by atoms with Gasteiger partial charge < -0.3 is 5.32 Å². The molecule has 4 nitrogen and oxygen atoms in total. The molecule has 17 heavy (non-hydrogen) atoms. The average Bonchev–Trinajstić information content (AvgIpc) is 2.50. The van der Waals surface area contributed by atoms with Crippen molar-refractivity contribution in [1.82, 2.24) is 4.90 Å². The fraction of sp³-hybridized carbons (Fsp3) is 0.333. The van der Waals surface area contributed by atoms with Gasteiger partial charge >= 0.3 is 0 Å². The Hall–Kier alpha value is -1.49. The molecule has 0 spiro atoms. The van der Waals surface area contributed by atoms with Crippen molar-refractivity contribution >= 4 is 28.6 Å². The Morgan fingerprint density at radius 2 is 2.00 bits per heavy atom. The number of nitrogens with one attached hydrogen (secondary N) is 1. The number of aryl methyl sites for hydroxylation is 2. The molecule has 0 radical (unpaired) electrons. The second kappa shape index (κ2) is 4.41. The number of imide groups is 1. The van der Waals surface area contributed by atoms with E-state index in [1.165, 1.54) is 12.6 Å². The Morgan fingerprint density at radius 3 is 2.53 bits per heavy atom. The normalized spacial score (nSPS) is 19.9. The number of rotatable bonds is 2. The van der Waals surface area contributed by atoms with E-state index in [1.54, 1.807) is 0 Å². The SMILES string of the molecule is Cc1ccc(N[C@H]2SC(=O)N(C)C2=O)c(C)c1. The van der Waals surface area contributed by atoms with Gasteiger partial charge in [-0.05, 0) is 37.2 Å². The van der Waals surface area contributed by atoms with E-state index in [2.05, 4.69) is 5.32 Å². The van der Waals surface area contributed by atoms with Gasteiger partial charge in [0.25, 0.3) is 11.1 Å². The fourth-order valence-electron chi connectivity index (χ4n) is 1.70. The number of benzene rings is 1. The van der Waals surface area contributed by atoms with Crippen molar-refractivity contribution in [2.24, 2.45) is 0 Å². The van der Waals surface area contributed by atoms with Crippen molar-refractivity contribution in [3.63, 3.8) is 0 Å². The maximum Gasteiger partial charge on any atom is 0.290 e. The molecule has 0 unspecified atom stereocenters. The van der Waals surface area contributed by atoms with Crippen LogP contribution in [0.4, 0.5) is 10.5 Å². The predicted molar refractivity (Wildman–Crippen MR) is 69.1 cm³/mol. The topological polar surface area (TPSA) is 49.4 Å². The molecule has 5 heteroatoms. The van der Waals surface area contributed by atoms with Gasteiger partial charge in [-0.2, -0.15) is 0 Å². The van der Waals surface area contributed by atoms with Crippen molar-refractivity contribution in [3.8, 4) is 0 Å². The van der Waals surface area contributed by atoms with Crippen molar-refractivity contribution in [2.75, 3.05) is 12.4 Å². The summed E-state index contributed by atoms with van der Waals surface area (Å²) >= 11 is 1.02. The largest absolute Gasteiger partial charge is 0.365 e. The molecule has 1 aromatic carbocycles.